The molecule has 0 unspecified atom stereocenters. The second kappa shape index (κ2) is 10.9. The Morgan fingerprint density at radius 1 is 0.326 bits per heavy atom. The highest BCUT2D eigenvalue weighted by Gasteiger charge is 2.36. The van der Waals surface area contributed by atoms with Crippen molar-refractivity contribution < 1.29 is 17.5 Å². The van der Waals surface area contributed by atoms with Gasteiger partial charge in [0.15, 0.2) is 0 Å². The van der Waals surface area contributed by atoms with Crippen LogP contribution < -0.4 is 0 Å². The molecule has 7 heteroatoms. The summed E-state index contributed by atoms with van der Waals surface area (Å²) < 4.78 is 53.7. The fourth-order valence-electron chi connectivity index (χ4n) is 5.16. The average molecular weight is 623 g/mol. The molecule has 0 saturated carbocycles. The van der Waals surface area contributed by atoms with Gasteiger partial charge in [0.1, 0.15) is 0 Å². The molecule has 0 fully saturated rings. The van der Waals surface area contributed by atoms with Crippen molar-refractivity contribution >= 4 is 30.5 Å². The average Bonchev–Trinajstić information content (AvgIpc) is 3.07. The Kier molecular flexibility index (Phi) is 7.32. The maximum atomic E-state index is 14.8. The number of rotatable bonds is 8. The first-order chi connectivity index (χ1) is 20.7. The number of hydrogen-bond donors (Lipinski definition) is 2. The van der Waals surface area contributed by atoms with Crippen LogP contribution in [-0.2, 0) is 18.7 Å². The Bertz CT molecular complexity index is 1760. The van der Waals surface area contributed by atoms with E-state index in [9.17, 15) is 17.5 Å². The quantitative estimate of drug-likeness (QED) is 0.177. The predicted molar refractivity (Wildman–Crippen MR) is 174 cm³/mol. The zero-order valence-corrected chi connectivity index (χ0v) is 25.6. The molecule has 0 atom stereocenters. The highest BCUT2D eigenvalue weighted by Crippen LogP contribution is 2.49. The first kappa shape index (κ1) is 29.0. The molecule has 0 aliphatic heterocycles. The van der Waals surface area contributed by atoms with Gasteiger partial charge in [-0.2, -0.15) is 8.42 Å². The van der Waals surface area contributed by atoms with Crippen molar-refractivity contribution in [2.45, 2.75) is 39.2 Å². The molecule has 0 aromatic heterocycles. The third-order valence-corrected chi connectivity index (χ3v) is 15.4. The first-order valence-electron chi connectivity index (χ1n) is 13.6. The fourth-order valence-corrected chi connectivity index (χ4v) is 11.5. The van der Waals surface area contributed by atoms with Gasteiger partial charge >= 0.3 is 0 Å². The molecule has 4 nitrogen and oxygen atoms in total. The van der Waals surface area contributed by atoms with Crippen LogP contribution in [0.25, 0.3) is 0 Å². The van der Waals surface area contributed by atoms with Gasteiger partial charge in [0.2, 0.25) is 0 Å². The summed E-state index contributed by atoms with van der Waals surface area (Å²) in [5, 5.41) is 0. The second-order valence-corrected chi connectivity index (χ2v) is 17.7. The standard InChI is InChI=1S/C36H30O4S3/c37-42(38,31-13-5-1-6-14-31,32-15-7-2-8-16-32)35-25-21-29(22-26-35)41-30-23-27-36(28-24-30)43(39,40,33-17-9-3-10-18-33)34-19-11-4-12-20-34/h1-28H,(H,37,38)(H,39,40). The van der Waals surface area contributed by atoms with Crippen LogP contribution in [0.15, 0.2) is 209 Å². The van der Waals surface area contributed by atoms with Gasteiger partial charge in [0.25, 0.3) is 0 Å². The van der Waals surface area contributed by atoms with E-state index in [0.717, 1.165) is 9.79 Å². The Labute approximate surface area is 255 Å². The van der Waals surface area contributed by atoms with Gasteiger partial charge in [-0.3, -0.25) is 9.11 Å². The molecule has 0 aliphatic rings. The molecule has 6 rings (SSSR count). The van der Waals surface area contributed by atoms with Crippen molar-refractivity contribution in [2.75, 3.05) is 0 Å². The molecule has 43 heavy (non-hydrogen) atoms. The molecule has 6 aromatic carbocycles. The molecule has 0 aliphatic carbocycles. The van der Waals surface area contributed by atoms with E-state index in [4.69, 9.17) is 0 Å². The Morgan fingerprint density at radius 3 is 0.767 bits per heavy atom. The van der Waals surface area contributed by atoms with Crippen LogP contribution in [0.1, 0.15) is 0 Å². The van der Waals surface area contributed by atoms with Crippen molar-refractivity contribution in [1.29, 1.82) is 0 Å². The van der Waals surface area contributed by atoms with Crippen molar-refractivity contribution in [2.24, 2.45) is 0 Å². The maximum Gasteiger partial charge on any atom is 0.0641 e. The minimum absolute atomic E-state index is 0.308. The molecular formula is C36H30O4S3. The van der Waals surface area contributed by atoms with Crippen LogP contribution in [0.3, 0.4) is 0 Å². The number of benzene rings is 6. The topological polar surface area (TPSA) is 74.6 Å². The summed E-state index contributed by atoms with van der Waals surface area (Å²) in [5.74, 6) is 0. The maximum absolute atomic E-state index is 14.8. The van der Waals surface area contributed by atoms with E-state index in [1.165, 1.54) is 11.8 Å². The minimum Gasteiger partial charge on any atom is -0.290 e. The molecule has 0 saturated heterocycles. The lowest BCUT2D eigenvalue weighted by Crippen LogP contribution is -2.33. The third-order valence-electron chi connectivity index (χ3n) is 7.48. The van der Waals surface area contributed by atoms with Crippen LogP contribution in [0.4, 0.5) is 0 Å². The lowest BCUT2D eigenvalue weighted by atomic mass is 10.3. The molecule has 0 amide bonds. The molecule has 216 valence electrons. The summed E-state index contributed by atoms with van der Waals surface area (Å²) in [6.45, 7) is 0. The van der Waals surface area contributed by atoms with Crippen molar-refractivity contribution in [3.63, 3.8) is 0 Å². The van der Waals surface area contributed by atoms with Gasteiger partial charge in [-0.1, -0.05) is 84.6 Å². The van der Waals surface area contributed by atoms with Gasteiger partial charge in [-0.05, 0) is 97.1 Å². The van der Waals surface area contributed by atoms with E-state index in [1.54, 1.807) is 121 Å². The molecule has 0 radical (unpaired) electrons. The van der Waals surface area contributed by atoms with Gasteiger partial charge in [0.05, 0.1) is 29.4 Å². The van der Waals surface area contributed by atoms with E-state index in [1.807, 2.05) is 48.5 Å². The lowest BCUT2D eigenvalue weighted by Gasteiger charge is -2.43. The largest absolute Gasteiger partial charge is 0.290 e. The van der Waals surface area contributed by atoms with Crippen LogP contribution in [-0.4, -0.2) is 17.5 Å². The summed E-state index contributed by atoms with van der Waals surface area (Å²) in [5.41, 5.74) is 0. The van der Waals surface area contributed by atoms with Crippen LogP contribution in [0, 0.1) is 0 Å². The van der Waals surface area contributed by atoms with E-state index in [-0.39, 0.29) is 0 Å². The highest BCUT2D eigenvalue weighted by molar-refractivity contribution is 8.15. The van der Waals surface area contributed by atoms with E-state index >= 15 is 0 Å². The normalized spacial score (nSPS) is 13.7. The fraction of sp³-hybridized carbons (Fsp3) is 0. The van der Waals surface area contributed by atoms with Crippen molar-refractivity contribution in [3.8, 4) is 0 Å². The summed E-state index contributed by atoms with van der Waals surface area (Å²) in [7, 11) is -9.20. The molecule has 6 aromatic rings. The van der Waals surface area contributed by atoms with Crippen LogP contribution in [0.5, 0.6) is 0 Å². The van der Waals surface area contributed by atoms with Crippen molar-refractivity contribution in [3.05, 3.63) is 170 Å². The van der Waals surface area contributed by atoms with Crippen molar-refractivity contribution in [1.82, 2.24) is 0 Å². The molecule has 0 spiro atoms. The Balaban J connectivity index is 1.34. The second-order valence-electron chi connectivity index (χ2n) is 10.1. The van der Waals surface area contributed by atoms with Crippen LogP contribution >= 0.6 is 11.8 Å². The molecule has 2 N–H and O–H groups in total. The first-order valence-corrected chi connectivity index (χ1v) is 18.3. The third kappa shape index (κ3) is 4.89. The zero-order valence-electron chi connectivity index (χ0n) is 23.1. The van der Waals surface area contributed by atoms with E-state index in [0.29, 0.717) is 29.4 Å². The van der Waals surface area contributed by atoms with Gasteiger partial charge in [-0.15, -0.1) is 18.7 Å². The number of hydrogen-bond acceptors (Lipinski definition) is 3. The monoisotopic (exact) mass is 622 g/mol. The Morgan fingerprint density at radius 2 is 0.535 bits per heavy atom. The van der Waals surface area contributed by atoms with Gasteiger partial charge in [-0.25, -0.2) is 0 Å². The van der Waals surface area contributed by atoms with Gasteiger partial charge < -0.3 is 0 Å². The summed E-state index contributed by atoms with van der Waals surface area (Å²) in [6.07, 6.45) is 0. The molecular weight excluding hydrogens is 593 g/mol. The highest BCUT2D eigenvalue weighted by atomic mass is 32.3. The van der Waals surface area contributed by atoms with Gasteiger partial charge in [0, 0.05) is 9.79 Å². The summed E-state index contributed by atoms with van der Waals surface area (Å²) >= 11 is 1.46. The van der Waals surface area contributed by atoms with Crippen LogP contribution in [0.2, 0.25) is 0 Å². The Hall–Kier alpha value is -4.11. The summed E-state index contributed by atoms with van der Waals surface area (Å²) in [6, 6.07) is 49.0. The zero-order chi connectivity index (χ0) is 30.0. The minimum atomic E-state index is -4.60. The van der Waals surface area contributed by atoms with E-state index < -0.39 is 18.7 Å². The molecule has 0 heterocycles. The smallest absolute Gasteiger partial charge is 0.0641 e. The molecule has 0 bridgehead atoms. The lowest BCUT2D eigenvalue weighted by molar-refractivity contribution is 0.508. The predicted octanol–water partition coefficient (Wildman–Crippen LogP) is 9.38. The SMILES string of the molecule is O=S(O)(c1ccccc1)(c1ccccc1)c1ccc(Sc2ccc(S(=O)(O)(c3ccccc3)c3ccccc3)cc2)cc1. The summed E-state index contributed by atoms with van der Waals surface area (Å²) in [4.78, 5) is 3.68. The van der Waals surface area contributed by atoms with E-state index in [2.05, 4.69) is 0 Å².